The average Bonchev–Trinajstić information content (AvgIpc) is 2.79. The molecule has 0 aliphatic rings. The summed E-state index contributed by atoms with van der Waals surface area (Å²) < 4.78 is 13.7. The summed E-state index contributed by atoms with van der Waals surface area (Å²) >= 11 is 0. The molecule has 2 rings (SSSR count). The van der Waals surface area contributed by atoms with E-state index in [1.165, 1.54) is 5.56 Å². The van der Waals surface area contributed by atoms with Gasteiger partial charge in [0.1, 0.15) is 6.67 Å². The van der Waals surface area contributed by atoms with Crippen molar-refractivity contribution in [3.63, 3.8) is 0 Å². The van der Waals surface area contributed by atoms with Gasteiger partial charge in [-0.3, -0.25) is 4.68 Å². The second kappa shape index (κ2) is 7.71. The molecule has 18 heavy (non-hydrogen) atoms. The van der Waals surface area contributed by atoms with Crippen molar-refractivity contribution in [3.8, 4) is 0 Å². The quantitative estimate of drug-likeness (QED) is 0.874. The Morgan fingerprint density at radius 3 is 2.72 bits per heavy atom. The number of rotatable bonds is 6. The van der Waals surface area contributed by atoms with Crippen molar-refractivity contribution in [2.75, 3.05) is 18.5 Å². The van der Waals surface area contributed by atoms with Crippen LogP contribution in [-0.4, -0.2) is 23.0 Å². The molecule has 0 bridgehead atoms. The molecule has 5 heteroatoms. The van der Waals surface area contributed by atoms with Gasteiger partial charge in [0.25, 0.3) is 0 Å². The molecule has 1 aromatic carbocycles. The van der Waals surface area contributed by atoms with Gasteiger partial charge in [0.05, 0.1) is 18.4 Å². The summed E-state index contributed by atoms with van der Waals surface area (Å²) in [6, 6.07) is 10.3. The maximum Gasteiger partial charge on any atom is 0.109 e. The first-order valence-electron chi connectivity index (χ1n) is 5.75. The van der Waals surface area contributed by atoms with Crippen molar-refractivity contribution in [1.29, 1.82) is 0 Å². The fourth-order valence-electron chi connectivity index (χ4n) is 1.66. The van der Waals surface area contributed by atoms with E-state index in [-0.39, 0.29) is 19.1 Å². The molecule has 0 spiro atoms. The highest BCUT2D eigenvalue weighted by Gasteiger charge is 1.97. The number of nitrogens with one attached hydrogen (secondary N) is 1. The van der Waals surface area contributed by atoms with Crippen molar-refractivity contribution < 1.29 is 4.39 Å². The standard InChI is InChI=1S/C13H16FN3.ClH/c14-7-9-17-11-13(10-16-17)15-8-6-12-4-2-1-3-5-12;/h1-5,10-11,15H,6-9H2;1H. The van der Waals surface area contributed by atoms with E-state index in [0.29, 0.717) is 6.54 Å². The van der Waals surface area contributed by atoms with E-state index in [1.54, 1.807) is 10.9 Å². The van der Waals surface area contributed by atoms with Crippen LogP contribution in [0.3, 0.4) is 0 Å². The Morgan fingerprint density at radius 1 is 1.22 bits per heavy atom. The van der Waals surface area contributed by atoms with Crippen LogP contribution in [0.1, 0.15) is 5.56 Å². The highest BCUT2D eigenvalue weighted by atomic mass is 35.5. The van der Waals surface area contributed by atoms with Crippen molar-refractivity contribution in [2.24, 2.45) is 0 Å². The van der Waals surface area contributed by atoms with Crippen LogP contribution in [0.2, 0.25) is 0 Å². The fourth-order valence-corrected chi connectivity index (χ4v) is 1.66. The molecule has 1 heterocycles. The van der Waals surface area contributed by atoms with Gasteiger partial charge in [-0.15, -0.1) is 12.4 Å². The van der Waals surface area contributed by atoms with Gasteiger partial charge in [0.15, 0.2) is 0 Å². The molecule has 0 fully saturated rings. The van der Waals surface area contributed by atoms with Crippen LogP contribution in [0.25, 0.3) is 0 Å². The summed E-state index contributed by atoms with van der Waals surface area (Å²) in [4.78, 5) is 0. The summed E-state index contributed by atoms with van der Waals surface area (Å²) in [6.07, 6.45) is 4.51. The molecule has 0 amide bonds. The molecular weight excluding hydrogens is 253 g/mol. The molecule has 0 atom stereocenters. The van der Waals surface area contributed by atoms with Gasteiger partial charge >= 0.3 is 0 Å². The zero-order chi connectivity index (χ0) is 11.9. The first-order chi connectivity index (χ1) is 8.38. The third-order valence-electron chi connectivity index (χ3n) is 2.53. The van der Waals surface area contributed by atoms with Crippen LogP contribution < -0.4 is 5.32 Å². The van der Waals surface area contributed by atoms with Gasteiger partial charge in [-0.1, -0.05) is 30.3 Å². The molecule has 98 valence electrons. The zero-order valence-electron chi connectivity index (χ0n) is 10.1. The Bertz CT molecular complexity index is 445. The minimum atomic E-state index is -0.384. The third kappa shape index (κ3) is 4.37. The minimum absolute atomic E-state index is 0. The molecule has 0 aliphatic heterocycles. The van der Waals surface area contributed by atoms with E-state index in [1.807, 2.05) is 24.4 Å². The maximum atomic E-state index is 12.1. The molecular formula is C13H17ClFN3. The van der Waals surface area contributed by atoms with Gasteiger partial charge in [0, 0.05) is 12.7 Å². The Labute approximate surface area is 112 Å². The maximum absolute atomic E-state index is 12.1. The molecule has 3 nitrogen and oxygen atoms in total. The van der Waals surface area contributed by atoms with Crippen LogP contribution in [0.5, 0.6) is 0 Å². The Kier molecular flexibility index (Phi) is 6.22. The van der Waals surface area contributed by atoms with Crippen molar-refractivity contribution in [1.82, 2.24) is 9.78 Å². The smallest absolute Gasteiger partial charge is 0.109 e. The first-order valence-corrected chi connectivity index (χ1v) is 5.75. The largest absolute Gasteiger partial charge is 0.382 e. The monoisotopic (exact) mass is 269 g/mol. The number of halogens is 2. The average molecular weight is 270 g/mol. The molecule has 0 saturated heterocycles. The number of benzene rings is 1. The number of alkyl halides is 1. The number of hydrogen-bond donors (Lipinski definition) is 1. The van der Waals surface area contributed by atoms with E-state index in [0.717, 1.165) is 18.7 Å². The van der Waals surface area contributed by atoms with Crippen LogP contribution in [0.15, 0.2) is 42.7 Å². The number of aryl methyl sites for hydroxylation is 1. The van der Waals surface area contributed by atoms with Crippen molar-refractivity contribution in [3.05, 3.63) is 48.3 Å². The van der Waals surface area contributed by atoms with Gasteiger partial charge in [-0.25, -0.2) is 4.39 Å². The zero-order valence-corrected chi connectivity index (χ0v) is 10.9. The van der Waals surface area contributed by atoms with Gasteiger partial charge in [-0.05, 0) is 12.0 Å². The third-order valence-corrected chi connectivity index (χ3v) is 2.53. The lowest BCUT2D eigenvalue weighted by Crippen LogP contribution is -2.04. The van der Waals surface area contributed by atoms with Gasteiger partial charge in [-0.2, -0.15) is 5.10 Å². The van der Waals surface area contributed by atoms with Crippen LogP contribution in [-0.2, 0) is 13.0 Å². The van der Waals surface area contributed by atoms with E-state index >= 15 is 0 Å². The fraction of sp³-hybridized carbons (Fsp3) is 0.308. The molecule has 0 saturated carbocycles. The number of anilines is 1. The lowest BCUT2D eigenvalue weighted by Gasteiger charge is -2.03. The molecule has 0 aliphatic carbocycles. The number of aromatic nitrogens is 2. The Balaban J connectivity index is 0.00000162. The Morgan fingerprint density at radius 2 is 2.00 bits per heavy atom. The van der Waals surface area contributed by atoms with Crippen molar-refractivity contribution >= 4 is 18.1 Å². The van der Waals surface area contributed by atoms with E-state index in [9.17, 15) is 4.39 Å². The summed E-state index contributed by atoms with van der Waals surface area (Å²) in [5.74, 6) is 0. The lowest BCUT2D eigenvalue weighted by atomic mass is 10.1. The molecule has 2 aromatic rings. The summed E-state index contributed by atoms with van der Waals surface area (Å²) in [7, 11) is 0. The molecule has 1 N–H and O–H groups in total. The van der Waals surface area contributed by atoms with E-state index in [4.69, 9.17) is 0 Å². The Hall–Kier alpha value is -1.55. The topological polar surface area (TPSA) is 29.9 Å². The molecule has 0 radical (unpaired) electrons. The number of nitrogens with zero attached hydrogens (tertiary/aromatic N) is 2. The van der Waals surface area contributed by atoms with Crippen LogP contribution >= 0.6 is 12.4 Å². The lowest BCUT2D eigenvalue weighted by molar-refractivity contribution is 0.427. The predicted molar refractivity (Wildman–Crippen MR) is 74.1 cm³/mol. The first kappa shape index (κ1) is 14.5. The van der Waals surface area contributed by atoms with Gasteiger partial charge < -0.3 is 5.32 Å². The van der Waals surface area contributed by atoms with Crippen LogP contribution in [0.4, 0.5) is 10.1 Å². The van der Waals surface area contributed by atoms with E-state index < -0.39 is 0 Å². The second-order valence-electron chi connectivity index (χ2n) is 3.84. The summed E-state index contributed by atoms with van der Waals surface area (Å²) in [5.41, 5.74) is 2.24. The molecule has 0 unspecified atom stereocenters. The highest BCUT2D eigenvalue weighted by molar-refractivity contribution is 5.85. The molecule has 1 aromatic heterocycles. The number of hydrogen-bond acceptors (Lipinski definition) is 2. The second-order valence-corrected chi connectivity index (χ2v) is 3.84. The van der Waals surface area contributed by atoms with Crippen molar-refractivity contribution in [2.45, 2.75) is 13.0 Å². The van der Waals surface area contributed by atoms with E-state index in [2.05, 4.69) is 22.5 Å². The summed E-state index contributed by atoms with van der Waals surface area (Å²) in [5, 5.41) is 7.31. The van der Waals surface area contributed by atoms with Crippen LogP contribution in [0, 0.1) is 0 Å². The summed E-state index contributed by atoms with van der Waals surface area (Å²) in [6.45, 7) is 0.789. The predicted octanol–water partition coefficient (Wildman–Crippen LogP) is 2.93. The minimum Gasteiger partial charge on any atom is -0.382 e. The SMILES string of the molecule is Cl.FCCn1cc(NCCc2ccccc2)cn1. The highest BCUT2D eigenvalue weighted by Crippen LogP contribution is 2.06. The van der Waals surface area contributed by atoms with Gasteiger partial charge in [0.2, 0.25) is 0 Å². The normalized spacial score (nSPS) is 9.83.